The third kappa shape index (κ3) is 3.34. The second-order valence-corrected chi connectivity index (χ2v) is 7.65. The number of nitrogens with zero attached hydrogens (tertiary/aromatic N) is 1. The molecule has 1 heterocycles. The average Bonchev–Trinajstić information content (AvgIpc) is 2.39. The smallest absolute Gasteiger partial charge is 0.0864 e. The molecule has 0 spiro atoms. The molecule has 20 heavy (non-hydrogen) atoms. The van der Waals surface area contributed by atoms with Gasteiger partial charge in [0.1, 0.15) is 0 Å². The molecule has 2 atom stereocenters. The van der Waals surface area contributed by atoms with Gasteiger partial charge in [-0.15, -0.1) is 0 Å². The summed E-state index contributed by atoms with van der Waals surface area (Å²) < 4.78 is 13.0. The van der Waals surface area contributed by atoms with Gasteiger partial charge in [-0.3, -0.25) is 9.19 Å². The maximum atomic E-state index is 13.0. The molecule has 0 radical (unpaired) electrons. The molecule has 0 saturated carbocycles. The highest BCUT2D eigenvalue weighted by Crippen LogP contribution is 2.39. The quantitative estimate of drug-likeness (QED) is 0.843. The second-order valence-electron chi connectivity index (χ2n) is 6.11. The van der Waals surface area contributed by atoms with Gasteiger partial charge in [0.25, 0.3) is 0 Å². The van der Waals surface area contributed by atoms with Crippen molar-refractivity contribution in [3.8, 4) is 0 Å². The third-order valence-corrected chi connectivity index (χ3v) is 5.32. The van der Waals surface area contributed by atoms with E-state index in [1.807, 2.05) is 49.4 Å². The van der Waals surface area contributed by atoms with Crippen LogP contribution in [0.5, 0.6) is 0 Å². The molecule has 1 aromatic carbocycles. The minimum atomic E-state index is -1.11. The van der Waals surface area contributed by atoms with Crippen LogP contribution in [0.3, 0.4) is 0 Å². The Morgan fingerprint density at radius 1 is 1.05 bits per heavy atom. The zero-order chi connectivity index (χ0) is 14.8. The summed E-state index contributed by atoms with van der Waals surface area (Å²) in [6, 6.07) is 13.7. The molecule has 0 aliphatic carbocycles. The lowest BCUT2D eigenvalue weighted by atomic mass is 9.89. The molecular weight excluding hydrogens is 266 g/mol. The van der Waals surface area contributed by atoms with Gasteiger partial charge in [0.05, 0.1) is 21.7 Å². The van der Waals surface area contributed by atoms with Crippen LogP contribution in [0.4, 0.5) is 0 Å². The van der Waals surface area contributed by atoms with E-state index in [2.05, 4.69) is 25.8 Å². The molecule has 0 aliphatic rings. The highest BCUT2D eigenvalue weighted by molar-refractivity contribution is 7.85. The summed E-state index contributed by atoms with van der Waals surface area (Å²) in [5.74, 6) is 0. The van der Waals surface area contributed by atoms with Gasteiger partial charge in [0.15, 0.2) is 0 Å². The summed E-state index contributed by atoms with van der Waals surface area (Å²) in [6.45, 7) is 8.36. The monoisotopic (exact) mass is 287 g/mol. The van der Waals surface area contributed by atoms with Gasteiger partial charge in [-0.05, 0) is 36.6 Å². The van der Waals surface area contributed by atoms with Gasteiger partial charge in [-0.1, -0.05) is 44.5 Å². The summed E-state index contributed by atoms with van der Waals surface area (Å²) in [6.07, 6.45) is 1.76. The Bertz CT molecular complexity index is 585. The van der Waals surface area contributed by atoms with Crippen molar-refractivity contribution in [2.24, 2.45) is 5.41 Å². The summed E-state index contributed by atoms with van der Waals surface area (Å²) in [5, 5.41) is -0.119. The second kappa shape index (κ2) is 5.88. The largest absolute Gasteiger partial charge is 0.260 e. The Hall–Kier alpha value is -1.48. The molecule has 0 aliphatic heterocycles. The highest BCUT2D eigenvalue weighted by Gasteiger charge is 2.33. The maximum absolute atomic E-state index is 13.0. The minimum Gasteiger partial charge on any atom is -0.260 e. The van der Waals surface area contributed by atoms with E-state index in [0.717, 1.165) is 10.6 Å². The first-order valence-electron chi connectivity index (χ1n) is 6.78. The number of rotatable bonds is 3. The molecule has 3 heteroatoms. The normalized spacial score (nSPS) is 14.8. The van der Waals surface area contributed by atoms with Crippen molar-refractivity contribution in [1.29, 1.82) is 0 Å². The van der Waals surface area contributed by atoms with E-state index in [1.54, 1.807) is 6.20 Å². The number of pyridine rings is 1. The molecule has 106 valence electrons. The van der Waals surface area contributed by atoms with Crippen LogP contribution in [0.25, 0.3) is 0 Å². The van der Waals surface area contributed by atoms with Gasteiger partial charge in [-0.2, -0.15) is 0 Å². The molecule has 1 aromatic heterocycles. The van der Waals surface area contributed by atoms with E-state index >= 15 is 0 Å². The molecule has 0 saturated heterocycles. The zero-order valence-electron chi connectivity index (χ0n) is 12.5. The number of aryl methyl sites for hydroxylation is 1. The average molecular weight is 287 g/mol. The lowest BCUT2D eigenvalue weighted by Gasteiger charge is -2.29. The number of aromatic nitrogens is 1. The Kier molecular flexibility index (Phi) is 4.39. The summed E-state index contributed by atoms with van der Waals surface area (Å²) in [7, 11) is -1.11. The maximum Gasteiger partial charge on any atom is 0.0864 e. The van der Waals surface area contributed by atoms with E-state index in [1.165, 1.54) is 5.56 Å². The number of hydrogen-bond donors (Lipinski definition) is 0. The molecule has 2 rings (SSSR count). The Morgan fingerprint density at radius 2 is 1.70 bits per heavy atom. The van der Waals surface area contributed by atoms with Gasteiger partial charge in [-0.25, -0.2) is 0 Å². The van der Waals surface area contributed by atoms with E-state index in [0.29, 0.717) is 0 Å². The fourth-order valence-corrected chi connectivity index (χ4v) is 3.89. The number of hydrogen-bond acceptors (Lipinski definition) is 2. The van der Waals surface area contributed by atoms with Crippen LogP contribution in [-0.4, -0.2) is 9.19 Å². The van der Waals surface area contributed by atoms with Gasteiger partial charge in [0, 0.05) is 11.1 Å². The van der Waals surface area contributed by atoms with E-state index < -0.39 is 10.8 Å². The molecule has 0 bridgehead atoms. The van der Waals surface area contributed by atoms with Crippen LogP contribution in [0, 0.1) is 12.3 Å². The first kappa shape index (κ1) is 14.9. The third-order valence-electron chi connectivity index (χ3n) is 3.21. The predicted octanol–water partition coefficient (Wildman–Crippen LogP) is 4.29. The molecule has 1 unspecified atom stereocenters. The minimum absolute atomic E-state index is 0.119. The van der Waals surface area contributed by atoms with Crippen molar-refractivity contribution in [3.05, 3.63) is 59.9 Å². The first-order chi connectivity index (χ1) is 9.39. The predicted molar refractivity (Wildman–Crippen MR) is 84.0 cm³/mol. The van der Waals surface area contributed by atoms with Crippen molar-refractivity contribution in [2.75, 3.05) is 0 Å². The zero-order valence-corrected chi connectivity index (χ0v) is 13.3. The standard InChI is InChI=1S/C17H21NOS/c1-13-8-10-14(11-9-13)20(19)16(17(2,3)4)15-7-5-6-12-18-15/h5-12,16H,1-4H3/t16-,20?/m1/s1. The van der Waals surface area contributed by atoms with Crippen molar-refractivity contribution >= 4 is 10.8 Å². The van der Waals surface area contributed by atoms with Crippen molar-refractivity contribution < 1.29 is 4.21 Å². The van der Waals surface area contributed by atoms with Crippen LogP contribution in [0.2, 0.25) is 0 Å². The van der Waals surface area contributed by atoms with Crippen LogP contribution in [0.1, 0.15) is 37.3 Å². The summed E-state index contributed by atoms with van der Waals surface area (Å²) in [5.41, 5.74) is 1.94. The Balaban J connectivity index is 2.42. The topological polar surface area (TPSA) is 30.0 Å². The SMILES string of the molecule is Cc1ccc(S(=O)[C@H](c2ccccn2)C(C)(C)C)cc1. The Labute approximate surface area is 123 Å². The fraction of sp³-hybridized carbons (Fsp3) is 0.353. The van der Waals surface area contributed by atoms with Gasteiger partial charge >= 0.3 is 0 Å². The van der Waals surface area contributed by atoms with Crippen molar-refractivity contribution in [2.45, 2.75) is 37.8 Å². The van der Waals surface area contributed by atoms with Crippen LogP contribution >= 0.6 is 0 Å². The number of benzene rings is 1. The first-order valence-corrected chi connectivity index (χ1v) is 7.99. The van der Waals surface area contributed by atoms with Crippen molar-refractivity contribution in [1.82, 2.24) is 4.98 Å². The lowest BCUT2D eigenvalue weighted by Crippen LogP contribution is -2.24. The molecule has 0 N–H and O–H groups in total. The van der Waals surface area contributed by atoms with E-state index in [9.17, 15) is 4.21 Å². The molecule has 0 fully saturated rings. The summed E-state index contributed by atoms with van der Waals surface area (Å²) in [4.78, 5) is 5.28. The van der Waals surface area contributed by atoms with E-state index in [4.69, 9.17) is 0 Å². The lowest BCUT2D eigenvalue weighted by molar-refractivity contribution is 0.389. The van der Waals surface area contributed by atoms with Gasteiger partial charge in [0.2, 0.25) is 0 Å². The fourth-order valence-electron chi connectivity index (χ4n) is 2.21. The molecule has 2 nitrogen and oxygen atoms in total. The van der Waals surface area contributed by atoms with E-state index in [-0.39, 0.29) is 10.7 Å². The van der Waals surface area contributed by atoms with Crippen molar-refractivity contribution in [3.63, 3.8) is 0 Å². The molecule has 0 amide bonds. The highest BCUT2D eigenvalue weighted by atomic mass is 32.2. The molecule has 2 aromatic rings. The van der Waals surface area contributed by atoms with Crippen LogP contribution in [-0.2, 0) is 10.8 Å². The van der Waals surface area contributed by atoms with Crippen LogP contribution in [0.15, 0.2) is 53.6 Å². The van der Waals surface area contributed by atoms with Crippen LogP contribution < -0.4 is 0 Å². The van der Waals surface area contributed by atoms with Gasteiger partial charge < -0.3 is 0 Å². The summed E-state index contributed by atoms with van der Waals surface area (Å²) >= 11 is 0. The Morgan fingerprint density at radius 3 is 2.20 bits per heavy atom. The molecular formula is C17H21NOS.